The number of esters is 1. The van der Waals surface area contributed by atoms with E-state index in [1.807, 2.05) is 6.07 Å². The van der Waals surface area contributed by atoms with Crippen molar-refractivity contribution in [1.82, 2.24) is 4.98 Å². The number of carbonyl (C=O) groups excluding carboxylic acids is 1. The van der Waals surface area contributed by atoms with Crippen molar-refractivity contribution in [2.75, 3.05) is 0 Å². The highest BCUT2D eigenvalue weighted by Gasteiger charge is 2.36. The predicted molar refractivity (Wildman–Crippen MR) is 63.8 cm³/mol. The number of aromatic nitrogens is 1. The molecule has 2 heterocycles. The molecule has 0 bridgehead atoms. The number of hydrogen-bond donors (Lipinski definition) is 1. The number of carbonyl (C=O) groups is 1. The molecule has 0 saturated heterocycles. The first-order valence-corrected chi connectivity index (χ1v) is 5.65. The Morgan fingerprint density at radius 3 is 2.83 bits per heavy atom. The van der Waals surface area contributed by atoms with Crippen LogP contribution < -0.4 is 0 Å². The van der Waals surface area contributed by atoms with Crippen LogP contribution in [-0.2, 0) is 4.74 Å². The van der Waals surface area contributed by atoms with Gasteiger partial charge < -0.3 is 9.84 Å². The maximum absolute atomic E-state index is 11.7. The first kappa shape index (κ1) is 10.9. The minimum atomic E-state index is -0.897. The van der Waals surface area contributed by atoms with E-state index < -0.39 is 18.2 Å². The van der Waals surface area contributed by atoms with E-state index in [2.05, 4.69) is 4.98 Å². The number of hydrogen-bond acceptors (Lipinski definition) is 4. The normalized spacial score (nSPS) is 19.2. The van der Waals surface area contributed by atoms with E-state index in [0.29, 0.717) is 11.1 Å². The van der Waals surface area contributed by atoms with Crippen molar-refractivity contribution in [2.24, 2.45) is 0 Å². The Labute approximate surface area is 104 Å². The lowest BCUT2D eigenvalue weighted by Gasteiger charge is -2.17. The van der Waals surface area contributed by atoms with E-state index in [0.717, 1.165) is 5.56 Å². The summed E-state index contributed by atoms with van der Waals surface area (Å²) < 4.78 is 5.23. The number of cyclic esters (lactones) is 1. The second-order valence-electron chi connectivity index (χ2n) is 4.14. The topological polar surface area (TPSA) is 59.4 Å². The standard InChI is InChI=1S/C14H11NO3/c16-12(9-4-3-7-15-8-9)13-10-5-1-2-6-11(10)14(17)18-13/h1-8,12-13,16H/t12-,13+/m0/s1. The Kier molecular flexibility index (Phi) is 2.57. The fourth-order valence-electron chi connectivity index (χ4n) is 2.13. The summed E-state index contributed by atoms with van der Waals surface area (Å²) in [6.07, 6.45) is 1.65. The highest BCUT2D eigenvalue weighted by Crippen LogP contribution is 2.38. The highest BCUT2D eigenvalue weighted by molar-refractivity contribution is 5.94. The number of ether oxygens (including phenoxy) is 1. The van der Waals surface area contributed by atoms with Gasteiger partial charge in [-0.05, 0) is 12.1 Å². The van der Waals surface area contributed by atoms with Crippen LogP contribution in [0.1, 0.15) is 33.7 Å². The van der Waals surface area contributed by atoms with Crippen LogP contribution in [0.3, 0.4) is 0 Å². The number of fused-ring (bicyclic) bond motifs is 1. The van der Waals surface area contributed by atoms with Crippen molar-refractivity contribution >= 4 is 5.97 Å². The van der Waals surface area contributed by atoms with Crippen molar-refractivity contribution in [3.63, 3.8) is 0 Å². The fourth-order valence-corrected chi connectivity index (χ4v) is 2.13. The van der Waals surface area contributed by atoms with Gasteiger partial charge in [0.2, 0.25) is 0 Å². The molecule has 2 aromatic rings. The third-order valence-corrected chi connectivity index (χ3v) is 3.03. The summed E-state index contributed by atoms with van der Waals surface area (Å²) in [5, 5.41) is 10.3. The molecule has 0 spiro atoms. The summed E-state index contributed by atoms with van der Waals surface area (Å²) >= 11 is 0. The van der Waals surface area contributed by atoms with Crippen molar-refractivity contribution < 1.29 is 14.6 Å². The molecule has 0 aliphatic carbocycles. The maximum Gasteiger partial charge on any atom is 0.339 e. The molecule has 4 heteroatoms. The molecule has 1 aromatic heterocycles. The van der Waals surface area contributed by atoms with E-state index in [4.69, 9.17) is 4.74 Å². The van der Waals surface area contributed by atoms with Gasteiger partial charge in [0, 0.05) is 23.5 Å². The van der Waals surface area contributed by atoms with Gasteiger partial charge in [0.25, 0.3) is 0 Å². The highest BCUT2D eigenvalue weighted by atomic mass is 16.6. The zero-order valence-corrected chi connectivity index (χ0v) is 9.48. The Bertz CT molecular complexity index is 583. The lowest BCUT2D eigenvalue weighted by Crippen LogP contribution is -2.11. The molecular formula is C14H11NO3. The maximum atomic E-state index is 11.7. The zero-order valence-electron chi connectivity index (χ0n) is 9.48. The molecule has 18 heavy (non-hydrogen) atoms. The average Bonchev–Trinajstić information content (AvgIpc) is 2.77. The molecule has 1 aromatic carbocycles. The third kappa shape index (κ3) is 1.67. The van der Waals surface area contributed by atoms with E-state index in [9.17, 15) is 9.90 Å². The molecule has 0 fully saturated rings. The molecule has 1 N–H and O–H groups in total. The lowest BCUT2D eigenvalue weighted by atomic mass is 9.98. The lowest BCUT2D eigenvalue weighted by molar-refractivity contribution is -0.0103. The summed E-state index contributed by atoms with van der Waals surface area (Å²) in [5.41, 5.74) is 1.87. The molecule has 2 atom stereocenters. The first-order chi connectivity index (χ1) is 8.77. The summed E-state index contributed by atoms with van der Waals surface area (Å²) in [6, 6.07) is 10.6. The van der Waals surface area contributed by atoms with Gasteiger partial charge in [-0.15, -0.1) is 0 Å². The van der Waals surface area contributed by atoms with Gasteiger partial charge in [-0.3, -0.25) is 4.98 Å². The quantitative estimate of drug-likeness (QED) is 0.817. The molecule has 90 valence electrons. The van der Waals surface area contributed by atoms with Crippen LogP contribution in [0.5, 0.6) is 0 Å². The number of pyridine rings is 1. The van der Waals surface area contributed by atoms with Gasteiger partial charge in [0.05, 0.1) is 5.56 Å². The van der Waals surface area contributed by atoms with Crippen LogP contribution in [0.15, 0.2) is 48.8 Å². The van der Waals surface area contributed by atoms with Crippen LogP contribution >= 0.6 is 0 Å². The monoisotopic (exact) mass is 241 g/mol. The van der Waals surface area contributed by atoms with Crippen LogP contribution in [0, 0.1) is 0 Å². The van der Waals surface area contributed by atoms with E-state index >= 15 is 0 Å². The number of benzene rings is 1. The fraction of sp³-hybridized carbons (Fsp3) is 0.143. The summed E-state index contributed by atoms with van der Waals surface area (Å²) in [6.45, 7) is 0. The SMILES string of the molecule is O=C1O[C@@H]([C@@H](O)c2cccnc2)c2ccccc21. The molecule has 0 saturated carbocycles. The minimum Gasteiger partial charge on any atom is -0.451 e. The van der Waals surface area contributed by atoms with Gasteiger partial charge in [0.1, 0.15) is 6.10 Å². The van der Waals surface area contributed by atoms with Crippen molar-refractivity contribution in [2.45, 2.75) is 12.2 Å². The minimum absolute atomic E-state index is 0.390. The molecule has 0 radical (unpaired) electrons. The van der Waals surface area contributed by atoms with Crippen molar-refractivity contribution in [3.8, 4) is 0 Å². The zero-order chi connectivity index (χ0) is 12.5. The number of nitrogens with zero attached hydrogens (tertiary/aromatic N) is 1. The molecule has 3 rings (SSSR count). The molecule has 4 nitrogen and oxygen atoms in total. The van der Waals surface area contributed by atoms with Gasteiger partial charge in [-0.2, -0.15) is 0 Å². The summed E-state index contributed by atoms with van der Waals surface area (Å²) in [4.78, 5) is 15.6. The Hall–Kier alpha value is -2.20. The van der Waals surface area contributed by atoms with Crippen molar-refractivity contribution in [1.29, 1.82) is 0 Å². The molecular weight excluding hydrogens is 230 g/mol. The Morgan fingerprint density at radius 2 is 2.06 bits per heavy atom. The molecule has 0 amide bonds. The first-order valence-electron chi connectivity index (χ1n) is 5.65. The molecule has 1 aliphatic heterocycles. The molecule has 1 aliphatic rings. The second-order valence-corrected chi connectivity index (χ2v) is 4.14. The largest absolute Gasteiger partial charge is 0.451 e. The average molecular weight is 241 g/mol. The van der Waals surface area contributed by atoms with Crippen LogP contribution in [-0.4, -0.2) is 16.1 Å². The van der Waals surface area contributed by atoms with E-state index in [1.165, 1.54) is 0 Å². The predicted octanol–water partition coefficient (Wildman–Crippen LogP) is 2.03. The Balaban J connectivity index is 1.98. The third-order valence-electron chi connectivity index (χ3n) is 3.03. The summed E-state index contributed by atoms with van der Waals surface area (Å²) in [5.74, 6) is -0.390. The van der Waals surface area contributed by atoms with Gasteiger partial charge in [-0.25, -0.2) is 4.79 Å². The van der Waals surface area contributed by atoms with Crippen molar-refractivity contribution in [3.05, 3.63) is 65.5 Å². The second kappa shape index (κ2) is 4.23. The van der Waals surface area contributed by atoms with Crippen LogP contribution in [0.25, 0.3) is 0 Å². The van der Waals surface area contributed by atoms with Gasteiger partial charge in [0.15, 0.2) is 6.10 Å². The van der Waals surface area contributed by atoms with Gasteiger partial charge >= 0.3 is 5.97 Å². The Morgan fingerprint density at radius 1 is 1.22 bits per heavy atom. The van der Waals surface area contributed by atoms with Crippen LogP contribution in [0.2, 0.25) is 0 Å². The number of rotatable bonds is 2. The smallest absolute Gasteiger partial charge is 0.339 e. The number of aliphatic hydroxyl groups is 1. The van der Waals surface area contributed by atoms with E-state index in [1.54, 1.807) is 42.7 Å². The van der Waals surface area contributed by atoms with E-state index in [-0.39, 0.29) is 0 Å². The molecule has 0 unspecified atom stereocenters. The van der Waals surface area contributed by atoms with Crippen LogP contribution in [0.4, 0.5) is 0 Å². The summed E-state index contributed by atoms with van der Waals surface area (Å²) in [7, 11) is 0. The van der Waals surface area contributed by atoms with Gasteiger partial charge in [-0.1, -0.05) is 24.3 Å². The number of aliphatic hydroxyl groups excluding tert-OH is 1.